The van der Waals surface area contributed by atoms with Crippen molar-refractivity contribution in [2.24, 2.45) is 0 Å². The number of unbranched alkanes of at least 4 members (excludes halogenated alkanes) is 3. The summed E-state index contributed by atoms with van der Waals surface area (Å²) in [7, 11) is 0. The van der Waals surface area contributed by atoms with Crippen molar-refractivity contribution in [3.05, 3.63) is 69.4 Å². The summed E-state index contributed by atoms with van der Waals surface area (Å²) in [6, 6.07) is 12.6. The maximum absolute atomic E-state index is 12.7. The van der Waals surface area contributed by atoms with E-state index >= 15 is 0 Å². The fraction of sp³-hybridized carbons (Fsp3) is 0.333. The van der Waals surface area contributed by atoms with Crippen LogP contribution in [0.1, 0.15) is 63.5 Å². The Morgan fingerprint density at radius 3 is 2.44 bits per heavy atom. The summed E-state index contributed by atoms with van der Waals surface area (Å²) in [5, 5.41) is 18.5. The van der Waals surface area contributed by atoms with Gasteiger partial charge in [0.15, 0.2) is 5.13 Å². The lowest BCUT2D eigenvalue weighted by atomic mass is 10.0. The maximum Gasteiger partial charge on any atom is 0.345 e. The van der Waals surface area contributed by atoms with Crippen LogP contribution in [0.2, 0.25) is 0 Å². The summed E-state index contributed by atoms with van der Waals surface area (Å²) in [6.45, 7) is 4.21. The Kier molecular flexibility index (Phi) is 9.49. The molecule has 2 aromatic carbocycles. The molecule has 2 aromatic heterocycles. The Hall–Kier alpha value is -3.98. The van der Waals surface area contributed by atoms with Crippen LogP contribution in [-0.4, -0.2) is 21.9 Å². The molecule has 0 unspecified atom stereocenters. The molecule has 0 saturated heterocycles. The number of amides is 2. The van der Waals surface area contributed by atoms with E-state index in [4.69, 9.17) is 4.42 Å². The average Bonchev–Trinajstić information content (AvgIpc) is 3.38. The second kappa shape index (κ2) is 13.2. The molecule has 0 aliphatic rings. The number of aryl methyl sites for hydroxylation is 2. The highest BCUT2D eigenvalue weighted by Crippen LogP contribution is 2.30. The molecule has 0 aliphatic carbocycles. The van der Waals surface area contributed by atoms with E-state index < -0.39 is 5.63 Å². The van der Waals surface area contributed by atoms with Crippen LogP contribution in [0.5, 0.6) is 5.75 Å². The van der Waals surface area contributed by atoms with Crippen molar-refractivity contribution in [1.82, 2.24) is 4.98 Å². The first-order valence-corrected chi connectivity index (χ1v) is 14.2. The van der Waals surface area contributed by atoms with Gasteiger partial charge in [0.05, 0.1) is 11.3 Å². The standard InChI is InChI=1S/C30H33N3O5S/c1-3-5-6-7-8-20-15-21-16-23(29(37)38-26(21)17-25(20)34)24-18-39-30(32-24)33-28(36)14-13-27(35)31-22-11-9-19(4-2)10-12-22/h9-12,15-18,34H,3-8,13-14H2,1-2H3,(H,31,35)(H,32,33,36). The van der Waals surface area contributed by atoms with Crippen LogP contribution in [-0.2, 0) is 22.4 Å². The number of thiazole rings is 1. The van der Waals surface area contributed by atoms with Crippen molar-refractivity contribution >= 4 is 44.9 Å². The summed E-state index contributed by atoms with van der Waals surface area (Å²) in [5.74, 6) is -0.475. The SMILES string of the molecule is CCCCCCc1cc2cc(-c3csc(NC(=O)CCC(=O)Nc4ccc(CC)cc4)n3)c(=O)oc2cc1O. The first-order valence-electron chi connectivity index (χ1n) is 13.3. The molecule has 8 nitrogen and oxygen atoms in total. The van der Waals surface area contributed by atoms with Crippen LogP contribution < -0.4 is 16.3 Å². The predicted octanol–water partition coefficient (Wildman–Crippen LogP) is 6.66. The molecule has 0 fully saturated rings. The molecule has 0 saturated carbocycles. The molecule has 0 radical (unpaired) electrons. The monoisotopic (exact) mass is 547 g/mol. The van der Waals surface area contributed by atoms with Crippen LogP contribution >= 0.6 is 11.3 Å². The zero-order valence-electron chi connectivity index (χ0n) is 22.2. The van der Waals surface area contributed by atoms with Crippen LogP contribution in [0.15, 0.2) is 57.1 Å². The third-order valence-corrected chi connectivity index (χ3v) is 7.24. The maximum atomic E-state index is 12.7. The molecule has 4 rings (SSSR count). The second-order valence-electron chi connectivity index (χ2n) is 9.46. The van der Waals surface area contributed by atoms with Gasteiger partial charge in [0, 0.05) is 35.4 Å². The summed E-state index contributed by atoms with van der Waals surface area (Å²) < 4.78 is 5.46. The lowest BCUT2D eigenvalue weighted by Gasteiger charge is -2.07. The van der Waals surface area contributed by atoms with Gasteiger partial charge >= 0.3 is 5.63 Å². The van der Waals surface area contributed by atoms with Gasteiger partial charge in [0.25, 0.3) is 0 Å². The number of fused-ring (bicyclic) bond motifs is 1. The Bertz CT molecular complexity index is 1510. The number of hydrogen-bond acceptors (Lipinski definition) is 7. The van der Waals surface area contributed by atoms with Gasteiger partial charge in [-0.2, -0.15) is 0 Å². The van der Waals surface area contributed by atoms with Crippen molar-refractivity contribution in [2.75, 3.05) is 10.6 Å². The minimum atomic E-state index is -0.579. The largest absolute Gasteiger partial charge is 0.508 e. The van der Waals surface area contributed by atoms with Gasteiger partial charge in [-0.3, -0.25) is 9.59 Å². The van der Waals surface area contributed by atoms with Crippen LogP contribution in [0.25, 0.3) is 22.2 Å². The number of anilines is 2. The molecule has 0 atom stereocenters. The van der Waals surface area contributed by atoms with Crippen molar-refractivity contribution < 1.29 is 19.1 Å². The van der Waals surface area contributed by atoms with Crippen molar-refractivity contribution in [3.63, 3.8) is 0 Å². The highest BCUT2D eigenvalue weighted by Gasteiger charge is 2.15. The number of phenolic OH excluding ortho intramolecular Hbond substituents is 1. The number of aromatic nitrogens is 1. The quantitative estimate of drug-likeness (QED) is 0.135. The summed E-state index contributed by atoms with van der Waals surface area (Å²) in [5.41, 5.74) is 3.07. The molecule has 0 bridgehead atoms. The van der Waals surface area contributed by atoms with Crippen LogP contribution in [0.4, 0.5) is 10.8 Å². The number of hydrogen-bond donors (Lipinski definition) is 3. The Morgan fingerprint density at radius 1 is 0.974 bits per heavy atom. The molecule has 2 amide bonds. The van der Waals surface area contributed by atoms with Crippen LogP contribution in [0, 0.1) is 0 Å². The third kappa shape index (κ3) is 7.54. The zero-order chi connectivity index (χ0) is 27.8. The summed E-state index contributed by atoms with van der Waals surface area (Å²) in [4.78, 5) is 41.7. The number of aromatic hydroxyl groups is 1. The smallest absolute Gasteiger partial charge is 0.345 e. The highest BCUT2D eigenvalue weighted by molar-refractivity contribution is 7.14. The highest BCUT2D eigenvalue weighted by atomic mass is 32.1. The number of carbonyl (C=O) groups is 2. The van der Waals surface area contributed by atoms with Gasteiger partial charge in [-0.1, -0.05) is 45.2 Å². The number of benzene rings is 2. The van der Waals surface area contributed by atoms with E-state index in [9.17, 15) is 19.5 Å². The van der Waals surface area contributed by atoms with E-state index in [-0.39, 0.29) is 36.0 Å². The van der Waals surface area contributed by atoms with E-state index in [2.05, 4.69) is 29.5 Å². The molecule has 4 aromatic rings. The van der Waals surface area contributed by atoms with Gasteiger partial charge < -0.3 is 20.2 Å². The fourth-order valence-electron chi connectivity index (χ4n) is 4.24. The van der Waals surface area contributed by atoms with Gasteiger partial charge in [0.2, 0.25) is 11.8 Å². The zero-order valence-corrected chi connectivity index (χ0v) is 23.0. The Morgan fingerprint density at radius 2 is 1.72 bits per heavy atom. The minimum absolute atomic E-state index is 0.00354. The minimum Gasteiger partial charge on any atom is -0.508 e. The van der Waals surface area contributed by atoms with E-state index in [0.29, 0.717) is 27.5 Å². The molecule has 9 heteroatoms. The molecule has 204 valence electrons. The van der Waals surface area contributed by atoms with Gasteiger partial charge in [-0.15, -0.1) is 11.3 Å². The first-order chi connectivity index (χ1) is 18.9. The summed E-state index contributed by atoms with van der Waals surface area (Å²) in [6.07, 6.45) is 6.04. The Labute approximate surface area is 231 Å². The van der Waals surface area contributed by atoms with Gasteiger partial charge in [-0.25, -0.2) is 9.78 Å². The van der Waals surface area contributed by atoms with E-state index in [0.717, 1.165) is 44.1 Å². The number of rotatable bonds is 12. The number of nitrogens with zero attached hydrogens (tertiary/aromatic N) is 1. The lowest BCUT2D eigenvalue weighted by Crippen LogP contribution is -2.17. The summed E-state index contributed by atoms with van der Waals surface area (Å²) >= 11 is 1.18. The molecule has 39 heavy (non-hydrogen) atoms. The second-order valence-corrected chi connectivity index (χ2v) is 10.3. The first kappa shape index (κ1) is 28.0. The average molecular weight is 548 g/mol. The lowest BCUT2D eigenvalue weighted by molar-refractivity contribution is -0.121. The number of carbonyl (C=O) groups excluding carboxylic acids is 2. The topological polar surface area (TPSA) is 122 Å². The molecule has 3 N–H and O–H groups in total. The van der Waals surface area contributed by atoms with Crippen molar-refractivity contribution in [3.8, 4) is 17.0 Å². The molecular weight excluding hydrogens is 514 g/mol. The predicted molar refractivity (Wildman–Crippen MR) is 155 cm³/mol. The molecule has 0 aliphatic heterocycles. The van der Waals surface area contributed by atoms with E-state index in [1.165, 1.54) is 23.0 Å². The van der Waals surface area contributed by atoms with Crippen molar-refractivity contribution in [1.29, 1.82) is 0 Å². The van der Waals surface area contributed by atoms with Crippen LogP contribution in [0.3, 0.4) is 0 Å². The molecular formula is C30H33N3O5S. The Balaban J connectivity index is 1.38. The van der Waals surface area contributed by atoms with E-state index in [1.54, 1.807) is 11.4 Å². The molecule has 0 spiro atoms. The number of phenols is 1. The number of nitrogens with one attached hydrogen (secondary N) is 2. The van der Waals surface area contributed by atoms with Crippen molar-refractivity contribution in [2.45, 2.75) is 65.2 Å². The fourth-order valence-corrected chi connectivity index (χ4v) is 4.96. The molecule has 2 heterocycles. The van der Waals surface area contributed by atoms with Gasteiger partial charge in [0.1, 0.15) is 11.3 Å². The normalized spacial score (nSPS) is 11.0. The third-order valence-electron chi connectivity index (χ3n) is 6.48. The van der Waals surface area contributed by atoms with Gasteiger partial charge in [-0.05, 0) is 54.7 Å². The van der Waals surface area contributed by atoms with E-state index in [1.807, 2.05) is 30.3 Å².